The number of nitrogens with zero attached hydrogens (tertiary/aromatic N) is 1. The van der Waals surface area contributed by atoms with Crippen molar-refractivity contribution < 1.29 is 13.6 Å². The van der Waals surface area contributed by atoms with Gasteiger partial charge in [0.25, 0.3) is 5.76 Å². The number of thioether (sulfide) groups is 1. The number of rotatable bonds is 6. The van der Waals surface area contributed by atoms with Crippen LogP contribution in [-0.2, 0) is 13.0 Å². The predicted molar refractivity (Wildman–Crippen MR) is 94.6 cm³/mol. The van der Waals surface area contributed by atoms with Crippen LogP contribution in [0.25, 0.3) is 0 Å². The number of hydrogen-bond donors (Lipinski definition) is 1. The number of carbonyl (C=O) groups excluding carboxylic acids is 1. The highest BCUT2D eigenvalue weighted by atomic mass is 32.2. The SMILES string of the molecule is CCc1ccc(CN(C)C(=O)Nc2ccccc2SC(F)F)cc1. The number of carbonyl (C=O) groups is 1. The van der Waals surface area contributed by atoms with E-state index in [0.29, 0.717) is 28.9 Å². The predicted octanol–water partition coefficient (Wildman–Crippen LogP) is 5.23. The molecule has 2 aromatic rings. The Balaban J connectivity index is 2.01. The Kier molecular flexibility index (Phi) is 6.61. The van der Waals surface area contributed by atoms with E-state index in [4.69, 9.17) is 0 Å². The number of aryl methyl sites for hydroxylation is 1. The fraction of sp³-hybridized carbons (Fsp3) is 0.278. The van der Waals surface area contributed by atoms with Gasteiger partial charge in [-0.2, -0.15) is 8.78 Å². The van der Waals surface area contributed by atoms with E-state index in [1.54, 1.807) is 31.3 Å². The summed E-state index contributed by atoms with van der Waals surface area (Å²) in [5, 5.41) is 2.69. The van der Waals surface area contributed by atoms with Gasteiger partial charge in [0.1, 0.15) is 0 Å². The molecule has 2 rings (SSSR count). The van der Waals surface area contributed by atoms with Gasteiger partial charge in [0, 0.05) is 18.5 Å². The Morgan fingerprint density at radius 1 is 1.12 bits per heavy atom. The van der Waals surface area contributed by atoms with Crippen LogP contribution in [0, 0.1) is 0 Å². The lowest BCUT2D eigenvalue weighted by Crippen LogP contribution is -2.31. The highest BCUT2D eigenvalue weighted by Gasteiger charge is 2.14. The summed E-state index contributed by atoms with van der Waals surface area (Å²) >= 11 is 0.420. The molecule has 0 unspecified atom stereocenters. The molecule has 0 saturated heterocycles. The van der Waals surface area contributed by atoms with E-state index in [-0.39, 0.29) is 6.03 Å². The van der Waals surface area contributed by atoms with Crippen LogP contribution in [0.1, 0.15) is 18.1 Å². The largest absolute Gasteiger partial charge is 0.323 e. The quantitative estimate of drug-likeness (QED) is 0.724. The van der Waals surface area contributed by atoms with Gasteiger partial charge in [0.05, 0.1) is 5.69 Å². The Bertz CT molecular complexity index is 677. The van der Waals surface area contributed by atoms with Crippen molar-refractivity contribution in [3.8, 4) is 0 Å². The van der Waals surface area contributed by atoms with E-state index in [2.05, 4.69) is 12.2 Å². The Morgan fingerprint density at radius 2 is 1.75 bits per heavy atom. The summed E-state index contributed by atoms with van der Waals surface area (Å²) in [5.74, 6) is -2.53. The average molecular weight is 350 g/mol. The first-order valence-corrected chi connectivity index (χ1v) is 8.51. The molecule has 128 valence electrons. The molecule has 2 amide bonds. The van der Waals surface area contributed by atoms with Crippen LogP contribution in [0.15, 0.2) is 53.4 Å². The summed E-state index contributed by atoms with van der Waals surface area (Å²) in [7, 11) is 1.67. The lowest BCUT2D eigenvalue weighted by Gasteiger charge is -2.19. The van der Waals surface area contributed by atoms with E-state index in [9.17, 15) is 13.6 Å². The topological polar surface area (TPSA) is 32.3 Å². The number of para-hydroxylation sites is 1. The van der Waals surface area contributed by atoms with Crippen LogP contribution in [0.5, 0.6) is 0 Å². The molecule has 3 nitrogen and oxygen atoms in total. The van der Waals surface area contributed by atoms with Crippen molar-refractivity contribution in [1.82, 2.24) is 4.90 Å². The highest BCUT2D eigenvalue weighted by molar-refractivity contribution is 7.99. The first-order valence-electron chi connectivity index (χ1n) is 7.63. The minimum absolute atomic E-state index is 0.336. The zero-order valence-corrected chi connectivity index (χ0v) is 14.4. The summed E-state index contributed by atoms with van der Waals surface area (Å²) in [6, 6.07) is 14.3. The molecule has 0 spiro atoms. The lowest BCUT2D eigenvalue weighted by molar-refractivity contribution is 0.220. The van der Waals surface area contributed by atoms with Gasteiger partial charge < -0.3 is 10.2 Å². The molecule has 1 N–H and O–H groups in total. The summed E-state index contributed by atoms with van der Waals surface area (Å²) in [4.78, 5) is 14.2. The maximum Gasteiger partial charge on any atom is 0.321 e. The third-order valence-corrected chi connectivity index (χ3v) is 4.33. The molecule has 0 atom stereocenters. The van der Waals surface area contributed by atoms with E-state index in [0.717, 1.165) is 12.0 Å². The van der Waals surface area contributed by atoms with Crippen LogP contribution in [0.2, 0.25) is 0 Å². The first-order chi connectivity index (χ1) is 11.5. The second-order valence-electron chi connectivity index (χ2n) is 5.33. The second kappa shape index (κ2) is 8.68. The Morgan fingerprint density at radius 3 is 2.38 bits per heavy atom. The van der Waals surface area contributed by atoms with Crippen LogP contribution >= 0.6 is 11.8 Å². The van der Waals surface area contributed by atoms with Gasteiger partial charge in [-0.3, -0.25) is 0 Å². The van der Waals surface area contributed by atoms with Crippen molar-refractivity contribution in [1.29, 1.82) is 0 Å². The number of anilines is 1. The molecule has 0 aliphatic carbocycles. The molecule has 0 radical (unpaired) electrons. The van der Waals surface area contributed by atoms with Crippen molar-refractivity contribution in [2.45, 2.75) is 30.5 Å². The minimum atomic E-state index is -2.53. The lowest BCUT2D eigenvalue weighted by atomic mass is 10.1. The maximum atomic E-state index is 12.6. The number of benzene rings is 2. The van der Waals surface area contributed by atoms with E-state index in [1.165, 1.54) is 10.5 Å². The number of alkyl halides is 2. The molecule has 0 fully saturated rings. The van der Waals surface area contributed by atoms with E-state index >= 15 is 0 Å². The molecule has 0 heterocycles. The average Bonchev–Trinajstić information content (AvgIpc) is 2.56. The summed E-state index contributed by atoms with van der Waals surface area (Å²) in [6.07, 6.45) is 0.967. The van der Waals surface area contributed by atoms with Crippen molar-refractivity contribution in [3.05, 3.63) is 59.7 Å². The van der Waals surface area contributed by atoms with Crippen LogP contribution < -0.4 is 5.32 Å². The smallest absolute Gasteiger partial charge is 0.321 e. The minimum Gasteiger partial charge on any atom is -0.323 e. The Hall–Kier alpha value is -2.08. The van der Waals surface area contributed by atoms with Crippen LogP contribution in [-0.4, -0.2) is 23.7 Å². The van der Waals surface area contributed by atoms with Gasteiger partial charge in [0.2, 0.25) is 0 Å². The van der Waals surface area contributed by atoms with Crippen molar-refractivity contribution >= 4 is 23.5 Å². The maximum absolute atomic E-state index is 12.6. The molecule has 0 bridgehead atoms. The third kappa shape index (κ3) is 5.23. The van der Waals surface area contributed by atoms with Gasteiger partial charge in [-0.25, -0.2) is 4.79 Å². The molecule has 2 aromatic carbocycles. The van der Waals surface area contributed by atoms with Gasteiger partial charge in [-0.05, 0) is 29.7 Å². The zero-order chi connectivity index (χ0) is 17.5. The standard InChI is InChI=1S/C18H20F2N2OS/c1-3-13-8-10-14(11-9-13)12-22(2)18(23)21-15-6-4-5-7-16(15)24-17(19)20/h4-11,17H,3,12H2,1-2H3,(H,21,23). The summed E-state index contributed by atoms with van der Waals surface area (Å²) < 4.78 is 25.2. The van der Waals surface area contributed by atoms with Crippen molar-refractivity contribution in [3.63, 3.8) is 0 Å². The Labute approximate surface area is 145 Å². The van der Waals surface area contributed by atoms with Gasteiger partial charge >= 0.3 is 6.03 Å². The summed E-state index contributed by atoms with van der Waals surface area (Å²) in [5.41, 5.74) is 2.64. The number of nitrogens with one attached hydrogen (secondary N) is 1. The third-order valence-electron chi connectivity index (χ3n) is 3.54. The molecule has 0 aromatic heterocycles. The van der Waals surface area contributed by atoms with Crippen LogP contribution in [0.4, 0.5) is 19.3 Å². The molecule has 0 saturated carbocycles. The van der Waals surface area contributed by atoms with Crippen LogP contribution in [0.3, 0.4) is 0 Å². The molecule has 6 heteroatoms. The monoisotopic (exact) mass is 350 g/mol. The molecular formula is C18H20F2N2OS. The highest BCUT2D eigenvalue weighted by Crippen LogP contribution is 2.31. The normalized spacial score (nSPS) is 10.7. The fourth-order valence-corrected chi connectivity index (χ4v) is 2.80. The van der Waals surface area contributed by atoms with Crippen molar-refractivity contribution in [2.24, 2.45) is 0 Å². The first kappa shape index (κ1) is 18.3. The second-order valence-corrected chi connectivity index (χ2v) is 6.36. The summed E-state index contributed by atoms with van der Waals surface area (Å²) in [6.45, 7) is 2.53. The fourth-order valence-electron chi connectivity index (χ4n) is 2.21. The molecule has 24 heavy (non-hydrogen) atoms. The van der Waals surface area contributed by atoms with E-state index in [1.807, 2.05) is 24.3 Å². The van der Waals surface area contributed by atoms with Gasteiger partial charge in [-0.15, -0.1) is 0 Å². The molecular weight excluding hydrogens is 330 g/mol. The number of amides is 2. The number of halogens is 2. The number of urea groups is 1. The van der Waals surface area contributed by atoms with E-state index < -0.39 is 5.76 Å². The molecule has 0 aliphatic rings. The molecule has 0 aliphatic heterocycles. The van der Waals surface area contributed by atoms with Crippen molar-refractivity contribution in [2.75, 3.05) is 12.4 Å². The zero-order valence-electron chi connectivity index (χ0n) is 13.6. The number of hydrogen-bond acceptors (Lipinski definition) is 2. The van der Waals surface area contributed by atoms with Gasteiger partial charge in [0.15, 0.2) is 0 Å². The van der Waals surface area contributed by atoms with Gasteiger partial charge in [-0.1, -0.05) is 55.1 Å².